The first-order valence-electron chi connectivity index (χ1n) is 21.3. The maximum absolute atomic E-state index is 12.3. The molecule has 0 amide bonds. The molecule has 0 radical (unpaired) electrons. The molecule has 7 rings (SSSR count). The summed E-state index contributed by atoms with van der Waals surface area (Å²) < 4.78 is 25.9. The average Bonchev–Trinajstić information content (AvgIpc) is 3.69. The third-order valence-electron chi connectivity index (χ3n) is 15.9. The third-order valence-corrected chi connectivity index (χ3v) is 15.9. The molecule has 7 aliphatic rings. The number of hydrogen-bond acceptors (Lipinski definition) is 8. The number of nitrogens with two attached hydrogens (primary N) is 3. The molecule has 7 fully saturated rings. The van der Waals surface area contributed by atoms with Gasteiger partial charge in [-0.05, 0) is 137 Å². The van der Waals surface area contributed by atoms with E-state index in [9.17, 15) is 15.0 Å². The van der Waals surface area contributed by atoms with Gasteiger partial charge in [-0.1, -0.05) is 6.92 Å². The Morgan fingerprint density at radius 3 is 2.57 bits per heavy atom. The van der Waals surface area contributed by atoms with E-state index in [0.717, 1.165) is 69.9 Å². The van der Waals surface area contributed by atoms with Gasteiger partial charge >= 0.3 is 5.97 Å². The van der Waals surface area contributed by atoms with Crippen molar-refractivity contribution >= 4 is 5.97 Å². The van der Waals surface area contributed by atoms with Crippen LogP contribution in [-0.2, 0) is 23.7 Å². The van der Waals surface area contributed by atoms with Gasteiger partial charge in [0.25, 0.3) is 0 Å². The second-order valence-electron chi connectivity index (χ2n) is 18.7. The fourth-order valence-corrected chi connectivity index (χ4v) is 13.9. The molecule has 2 heterocycles. The number of likely N-dealkylation sites (N-methyl/N-ethyl adjacent to an activating group) is 1. The van der Waals surface area contributed by atoms with E-state index in [1.807, 2.05) is 14.2 Å². The summed E-state index contributed by atoms with van der Waals surface area (Å²) in [5, 5.41) is 26.6. The predicted molar refractivity (Wildman–Crippen MR) is 193 cm³/mol. The molecule has 51 heavy (non-hydrogen) atoms. The van der Waals surface area contributed by atoms with E-state index in [0.29, 0.717) is 48.7 Å². The lowest BCUT2D eigenvalue weighted by Gasteiger charge is -2.61. The number of rotatable bonds is 11. The van der Waals surface area contributed by atoms with Crippen molar-refractivity contribution in [1.82, 2.24) is 0 Å². The van der Waals surface area contributed by atoms with Crippen molar-refractivity contribution < 1.29 is 44.6 Å². The normalized spacial score (nSPS) is 49.7. The van der Waals surface area contributed by atoms with Crippen LogP contribution >= 0.6 is 0 Å². The lowest BCUT2D eigenvalue weighted by atomic mass is 9.45. The Morgan fingerprint density at radius 2 is 1.80 bits per heavy atom. The fraction of sp³-hybridized carbons (Fsp3) is 0.976. The second-order valence-corrected chi connectivity index (χ2v) is 18.7. The van der Waals surface area contributed by atoms with E-state index < -0.39 is 6.10 Å². The molecule has 0 aromatic rings. The van der Waals surface area contributed by atoms with Gasteiger partial charge in [0.1, 0.15) is 6.17 Å². The van der Waals surface area contributed by atoms with Gasteiger partial charge in [0.05, 0.1) is 70.0 Å². The molecule has 0 bridgehead atoms. The highest BCUT2D eigenvalue weighted by molar-refractivity contribution is 5.65. The highest BCUT2D eigenvalue weighted by Crippen LogP contribution is 2.68. The van der Waals surface area contributed by atoms with Crippen molar-refractivity contribution in [2.45, 2.75) is 147 Å². The predicted octanol–water partition coefficient (Wildman–Crippen LogP) is 2.19. The second kappa shape index (κ2) is 16.5. The van der Waals surface area contributed by atoms with Crippen LogP contribution in [0.15, 0.2) is 0 Å². The molecule has 2 aliphatic heterocycles. The largest absolute Gasteiger partial charge is 0.465 e. The molecule has 5 aliphatic carbocycles. The summed E-state index contributed by atoms with van der Waals surface area (Å²) in [4.78, 5) is 12.3. The molecule has 0 aromatic heterocycles. The third kappa shape index (κ3) is 7.83. The molecule has 10 nitrogen and oxygen atoms in total. The summed E-state index contributed by atoms with van der Waals surface area (Å²) in [6.07, 6.45) is 14.7. The summed E-state index contributed by atoms with van der Waals surface area (Å²) in [6, 6.07) is 0. The first-order valence-corrected chi connectivity index (χ1v) is 21.3. The van der Waals surface area contributed by atoms with Crippen molar-refractivity contribution in [2.24, 2.45) is 70.3 Å². The van der Waals surface area contributed by atoms with Crippen molar-refractivity contribution in [3.63, 3.8) is 0 Å². The minimum atomic E-state index is -0.440. The maximum Gasteiger partial charge on any atom is 0.302 e. The van der Waals surface area contributed by atoms with Gasteiger partial charge in [-0.3, -0.25) is 10.5 Å². The van der Waals surface area contributed by atoms with E-state index in [-0.39, 0.29) is 59.9 Å². The van der Waals surface area contributed by atoms with Crippen molar-refractivity contribution in [1.29, 1.82) is 0 Å². The number of piperidine rings is 1. The number of fused-ring (bicyclic) bond motifs is 6. The minimum Gasteiger partial charge on any atom is -0.465 e. The molecular formula is C41H73N3O7+2. The van der Waals surface area contributed by atoms with Gasteiger partial charge in [-0.2, -0.15) is 0 Å². The summed E-state index contributed by atoms with van der Waals surface area (Å²) >= 11 is 0. The number of aliphatic hydroxyl groups is 2. The minimum absolute atomic E-state index is 0.000716. The summed E-state index contributed by atoms with van der Waals surface area (Å²) in [5.41, 5.74) is 6.71. The van der Waals surface area contributed by atoms with Crippen LogP contribution in [0.4, 0.5) is 0 Å². The standard InChI is InChI=1S/C41H71N3O7/c1-5-26-15-25(21-44-40(26)42)14-24-10-11-41(19-24)20-28-16-29(46)18-35(48-4)36(28)31-8-7-30-32(22-50-23(2)45)38(51-39(30)37(31)41)27-6-9-33(47)34(17-27)49-13-12-43-3/h24-40,43-44,46-47H,5-22,42H2,1-4H3/p+2. The van der Waals surface area contributed by atoms with Gasteiger partial charge in [0.15, 0.2) is 0 Å². The topological polar surface area (TPSA) is 154 Å². The van der Waals surface area contributed by atoms with Gasteiger partial charge in [-0.25, -0.2) is 0 Å². The van der Waals surface area contributed by atoms with Gasteiger partial charge in [0, 0.05) is 31.8 Å². The summed E-state index contributed by atoms with van der Waals surface area (Å²) in [6.45, 7) is 6.92. The number of esters is 1. The SMILES string of the molecule is CCC1CC(CC2CCC3(C2)CC2CC(O)CC(OC)C2C2CCC4C(COC(C)=O)C(C5CCC(O)C(OCC[NH2+]C)C5)OC4C23)C[NH2+]C1N. The molecule has 2 saturated heterocycles. The van der Waals surface area contributed by atoms with Crippen LogP contribution < -0.4 is 16.4 Å². The summed E-state index contributed by atoms with van der Waals surface area (Å²) in [7, 11) is 3.91. The molecule has 10 heteroatoms. The molecule has 1 spiro atoms. The number of carbonyl (C=O) groups is 1. The zero-order chi connectivity index (χ0) is 35.9. The van der Waals surface area contributed by atoms with E-state index in [4.69, 9.17) is 24.7 Å². The van der Waals surface area contributed by atoms with Crippen molar-refractivity contribution in [2.75, 3.05) is 40.5 Å². The number of quaternary nitrogens is 2. The Kier molecular flexibility index (Phi) is 12.4. The zero-order valence-electron chi connectivity index (χ0n) is 32.2. The average molecular weight is 720 g/mol. The Morgan fingerprint density at radius 1 is 0.980 bits per heavy atom. The Bertz CT molecular complexity index is 1160. The Hall–Kier alpha value is -0.850. The molecule has 18 atom stereocenters. The molecule has 18 unspecified atom stereocenters. The van der Waals surface area contributed by atoms with Crippen molar-refractivity contribution in [3.05, 3.63) is 0 Å². The van der Waals surface area contributed by atoms with Crippen LogP contribution in [0.2, 0.25) is 0 Å². The van der Waals surface area contributed by atoms with E-state index >= 15 is 0 Å². The van der Waals surface area contributed by atoms with E-state index in [1.165, 1.54) is 51.9 Å². The smallest absolute Gasteiger partial charge is 0.302 e. The van der Waals surface area contributed by atoms with Crippen LogP contribution in [0, 0.1) is 64.6 Å². The highest BCUT2D eigenvalue weighted by atomic mass is 16.5. The number of hydrogen-bond donors (Lipinski definition) is 5. The first-order chi connectivity index (χ1) is 24.6. The maximum atomic E-state index is 12.3. The molecule has 292 valence electrons. The first kappa shape index (κ1) is 38.4. The van der Waals surface area contributed by atoms with Crippen LogP contribution in [0.1, 0.15) is 104 Å². The van der Waals surface area contributed by atoms with Gasteiger partial charge < -0.3 is 39.8 Å². The van der Waals surface area contributed by atoms with E-state index in [2.05, 4.69) is 17.6 Å². The lowest BCUT2D eigenvalue weighted by Crippen LogP contribution is -2.97. The molecule has 0 aromatic carbocycles. The van der Waals surface area contributed by atoms with Crippen molar-refractivity contribution in [3.8, 4) is 0 Å². The molecule has 8 N–H and O–H groups in total. The number of ether oxygens (including phenoxy) is 4. The Labute approximate surface area is 307 Å². The summed E-state index contributed by atoms with van der Waals surface area (Å²) in [5.74, 6) is 4.59. The molecule has 5 saturated carbocycles. The van der Waals surface area contributed by atoms with Gasteiger partial charge in [0.2, 0.25) is 0 Å². The number of carbonyl (C=O) groups excluding carboxylic acids is 1. The van der Waals surface area contributed by atoms with Crippen LogP contribution in [0.25, 0.3) is 0 Å². The lowest BCUT2D eigenvalue weighted by molar-refractivity contribution is -0.710. The highest BCUT2D eigenvalue weighted by Gasteiger charge is 2.65. The van der Waals surface area contributed by atoms with Crippen LogP contribution in [-0.4, -0.2) is 99.4 Å². The zero-order valence-corrected chi connectivity index (χ0v) is 32.2. The Balaban J connectivity index is 1.17. The van der Waals surface area contributed by atoms with Crippen LogP contribution in [0.5, 0.6) is 0 Å². The monoisotopic (exact) mass is 720 g/mol. The number of methoxy groups -OCH3 is 1. The quantitative estimate of drug-likeness (QED) is 0.161. The number of aliphatic hydroxyl groups excluding tert-OH is 2. The molecular weight excluding hydrogens is 646 g/mol. The van der Waals surface area contributed by atoms with Gasteiger partial charge in [-0.15, -0.1) is 0 Å². The van der Waals surface area contributed by atoms with E-state index in [1.54, 1.807) is 0 Å². The fourth-order valence-electron chi connectivity index (χ4n) is 13.9. The van der Waals surface area contributed by atoms with Crippen LogP contribution in [0.3, 0.4) is 0 Å².